The molecule has 0 heterocycles. The quantitative estimate of drug-likeness (QED) is 0.740. The molecule has 2 aromatic rings. The number of rotatable bonds is 5. The molecule has 5 nitrogen and oxygen atoms in total. The highest BCUT2D eigenvalue weighted by atomic mass is 79.9. The van der Waals surface area contributed by atoms with Crippen LogP contribution in [0.25, 0.3) is 0 Å². The smallest absolute Gasteiger partial charge is 0.319 e. The van der Waals surface area contributed by atoms with E-state index in [1.54, 1.807) is 18.2 Å². The average Bonchev–Trinajstić information content (AvgIpc) is 2.49. The highest BCUT2D eigenvalue weighted by molar-refractivity contribution is 9.10. The van der Waals surface area contributed by atoms with E-state index in [1.807, 2.05) is 12.1 Å². The van der Waals surface area contributed by atoms with Crippen molar-refractivity contribution in [1.82, 2.24) is 5.32 Å². The lowest BCUT2D eigenvalue weighted by Gasteiger charge is -2.08. The molecule has 0 radical (unpaired) electrons. The topological polar surface area (TPSA) is 70.2 Å². The van der Waals surface area contributed by atoms with Gasteiger partial charge in [0.15, 0.2) is 0 Å². The number of hydrogen-bond donors (Lipinski definition) is 3. The van der Waals surface area contributed by atoms with Crippen molar-refractivity contribution in [3.63, 3.8) is 0 Å². The predicted molar refractivity (Wildman–Crippen MR) is 90.8 cm³/mol. The van der Waals surface area contributed by atoms with Crippen LogP contribution in [0.5, 0.6) is 0 Å². The Labute approximate surface area is 141 Å². The first-order valence-electron chi connectivity index (χ1n) is 6.89. The molecule has 3 N–H and O–H groups in total. The van der Waals surface area contributed by atoms with Crippen molar-refractivity contribution in [2.75, 3.05) is 17.2 Å². The van der Waals surface area contributed by atoms with Gasteiger partial charge in [0.05, 0.1) is 0 Å². The summed E-state index contributed by atoms with van der Waals surface area (Å²) in [5.41, 5.74) is 1.03. The Kier molecular flexibility index (Phi) is 6.10. The van der Waals surface area contributed by atoms with Gasteiger partial charge >= 0.3 is 6.03 Å². The molecule has 0 fully saturated rings. The highest BCUT2D eigenvalue weighted by Crippen LogP contribution is 2.13. The van der Waals surface area contributed by atoms with Gasteiger partial charge in [0.2, 0.25) is 5.91 Å². The van der Waals surface area contributed by atoms with E-state index in [-0.39, 0.29) is 18.9 Å². The van der Waals surface area contributed by atoms with E-state index >= 15 is 0 Å². The summed E-state index contributed by atoms with van der Waals surface area (Å²) in [6, 6.07) is 12.3. The van der Waals surface area contributed by atoms with Crippen molar-refractivity contribution in [3.05, 3.63) is 58.8 Å². The van der Waals surface area contributed by atoms with Crippen LogP contribution in [0.1, 0.15) is 6.42 Å². The van der Waals surface area contributed by atoms with Gasteiger partial charge in [-0.05, 0) is 42.5 Å². The van der Waals surface area contributed by atoms with E-state index in [0.29, 0.717) is 11.4 Å². The summed E-state index contributed by atoms with van der Waals surface area (Å²) in [5, 5.41) is 7.78. The van der Waals surface area contributed by atoms with E-state index in [1.165, 1.54) is 18.2 Å². The van der Waals surface area contributed by atoms with E-state index in [2.05, 4.69) is 31.9 Å². The molecule has 0 aliphatic carbocycles. The predicted octanol–water partition coefficient (Wildman–Crippen LogP) is 3.74. The van der Waals surface area contributed by atoms with Crippen molar-refractivity contribution in [3.8, 4) is 0 Å². The molecule has 23 heavy (non-hydrogen) atoms. The molecule has 7 heteroatoms. The maximum Gasteiger partial charge on any atom is 0.319 e. The van der Waals surface area contributed by atoms with Crippen LogP contribution < -0.4 is 16.0 Å². The Bertz CT molecular complexity index is 692. The van der Waals surface area contributed by atoms with E-state index in [0.717, 1.165) is 4.47 Å². The number of urea groups is 1. The van der Waals surface area contributed by atoms with Gasteiger partial charge in [-0.25, -0.2) is 9.18 Å². The molecule has 0 aromatic heterocycles. The lowest BCUT2D eigenvalue weighted by Crippen LogP contribution is -2.31. The molecular weight excluding hydrogens is 365 g/mol. The molecular formula is C16H15BrFN3O2. The Morgan fingerprint density at radius 3 is 2.43 bits per heavy atom. The Morgan fingerprint density at radius 1 is 1.00 bits per heavy atom. The summed E-state index contributed by atoms with van der Waals surface area (Å²) in [6.07, 6.45) is 0.0876. The fourth-order valence-electron chi connectivity index (χ4n) is 1.79. The highest BCUT2D eigenvalue weighted by Gasteiger charge is 2.05. The van der Waals surface area contributed by atoms with Gasteiger partial charge in [0.25, 0.3) is 0 Å². The van der Waals surface area contributed by atoms with Crippen LogP contribution in [-0.2, 0) is 4.79 Å². The molecule has 2 rings (SSSR count). The molecule has 0 bridgehead atoms. The second-order valence-corrected chi connectivity index (χ2v) is 5.61. The zero-order valence-corrected chi connectivity index (χ0v) is 13.7. The van der Waals surface area contributed by atoms with Crippen molar-refractivity contribution in [2.45, 2.75) is 6.42 Å². The molecule has 0 atom stereocenters. The zero-order valence-electron chi connectivity index (χ0n) is 12.1. The lowest BCUT2D eigenvalue weighted by atomic mass is 10.3. The Balaban J connectivity index is 1.70. The minimum absolute atomic E-state index is 0.0876. The number of anilines is 2. The van der Waals surface area contributed by atoms with Crippen LogP contribution in [0.2, 0.25) is 0 Å². The maximum absolute atomic E-state index is 13.0. The third-order valence-corrected chi connectivity index (χ3v) is 3.38. The molecule has 0 saturated carbocycles. The van der Waals surface area contributed by atoms with E-state index in [9.17, 15) is 14.0 Å². The summed E-state index contributed by atoms with van der Waals surface area (Å²) in [5.74, 6) is -0.727. The second kappa shape index (κ2) is 8.28. The Hall–Kier alpha value is -2.41. The minimum atomic E-state index is -0.421. The third kappa shape index (κ3) is 6.07. The fourth-order valence-corrected chi connectivity index (χ4v) is 2.05. The molecule has 0 aliphatic rings. The SMILES string of the molecule is O=C(CCNC(=O)Nc1ccc(Br)cc1)Nc1cccc(F)c1. The van der Waals surface area contributed by atoms with Gasteiger partial charge in [-0.15, -0.1) is 0 Å². The zero-order chi connectivity index (χ0) is 16.7. The van der Waals surface area contributed by atoms with Gasteiger partial charge < -0.3 is 16.0 Å². The van der Waals surface area contributed by atoms with Crippen molar-refractivity contribution < 1.29 is 14.0 Å². The van der Waals surface area contributed by atoms with Crippen molar-refractivity contribution in [2.24, 2.45) is 0 Å². The minimum Gasteiger partial charge on any atom is -0.337 e. The first-order valence-corrected chi connectivity index (χ1v) is 7.68. The van der Waals surface area contributed by atoms with E-state index < -0.39 is 11.8 Å². The number of amides is 3. The number of carbonyl (C=O) groups is 2. The van der Waals surface area contributed by atoms with E-state index in [4.69, 9.17) is 0 Å². The van der Waals surface area contributed by atoms with Crippen LogP contribution in [0.15, 0.2) is 53.0 Å². The molecule has 2 aromatic carbocycles. The number of halogens is 2. The van der Waals surface area contributed by atoms with Gasteiger partial charge in [-0.2, -0.15) is 0 Å². The van der Waals surface area contributed by atoms with Gasteiger partial charge in [0.1, 0.15) is 5.82 Å². The van der Waals surface area contributed by atoms with Crippen molar-refractivity contribution >= 4 is 39.2 Å². The lowest BCUT2D eigenvalue weighted by molar-refractivity contribution is -0.116. The van der Waals surface area contributed by atoms with Crippen LogP contribution in [0.3, 0.4) is 0 Å². The summed E-state index contributed by atoms with van der Waals surface area (Å²) in [6.45, 7) is 0.170. The first-order chi connectivity index (χ1) is 11.0. The monoisotopic (exact) mass is 379 g/mol. The van der Waals surface area contributed by atoms with Crippen LogP contribution in [0, 0.1) is 5.82 Å². The third-order valence-electron chi connectivity index (χ3n) is 2.85. The van der Waals surface area contributed by atoms with Crippen LogP contribution in [-0.4, -0.2) is 18.5 Å². The maximum atomic E-state index is 13.0. The molecule has 0 saturated heterocycles. The summed E-state index contributed by atoms with van der Waals surface area (Å²) < 4.78 is 13.9. The van der Waals surface area contributed by atoms with Crippen LogP contribution >= 0.6 is 15.9 Å². The number of carbonyl (C=O) groups excluding carboxylic acids is 2. The van der Waals surface area contributed by atoms with Gasteiger partial charge in [-0.3, -0.25) is 4.79 Å². The normalized spacial score (nSPS) is 10.0. The molecule has 0 spiro atoms. The largest absolute Gasteiger partial charge is 0.337 e. The first kappa shape index (κ1) is 17.0. The molecule has 3 amide bonds. The standard InChI is InChI=1S/C16H15BrFN3O2/c17-11-4-6-13(7-5-11)21-16(23)19-9-8-15(22)20-14-3-1-2-12(18)10-14/h1-7,10H,8-9H2,(H,20,22)(H2,19,21,23). The number of benzene rings is 2. The average molecular weight is 380 g/mol. The summed E-state index contributed by atoms with van der Waals surface area (Å²) in [4.78, 5) is 23.4. The van der Waals surface area contributed by atoms with Crippen molar-refractivity contribution in [1.29, 1.82) is 0 Å². The fraction of sp³-hybridized carbons (Fsp3) is 0.125. The van der Waals surface area contributed by atoms with Gasteiger partial charge in [-0.1, -0.05) is 22.0 Å². The molecule has 0 aliphatic heterocycles. The second-order valence-electron chi connectivity index (χ2n) is 4.70. The summed E-state index contributed by atoms with van der Waals surface area (Å²) >= 11 is 3.30. The van der Waals surface area contributed by atoms with Crippen LogP contribution in [0.4, 0.5) is 20.6 Å². The summed E-state index contributed by atoms with van der Waals surface area (Å²) in [7, 11) is 0. The molecule has 0 unspecified atom stereocenters. The number of hydrogen-bond acceptors (Lipinski definition) is 2. The van der Waals surface area contributed by atoms with Gasteiger partial charge in [0, 0.05) is 28.8 Å². The Morgan fingerprint density at radius 2 is 1.74 bits per heavy atom. The number of nitrogens with one attached hydrogen (secondary N) is 3. The molecule has 120 valence electrons.